The van der Waals surface area contributed by atoms with Gasteiger partial charge in [0, 0.05) is 6.92 Å². The van der Waals surface area contributed by atoms with Crippen LogP contribution in [0, 0.1) is 29.6 Å². The van der Waals surface area contributed by atoms with E-state index in [0.29, 0.717) is 11.8 Å². The van der Waals surface area contributed by atoms with Crippen molar-refractivity contribution in [1.82, 2.24) is 0 Å². The van der Waals surface area contributed by atoms with Gasteiger partial charge in [0.25, 0.3) is 0 Å². The van der Waals surface area contributed by atoms with Gasteiger partial charge in [-0.3, -0.25) is 9.59 Å². The molecule has 4 fully saturated rings. The summed E-state index contributed by atoms with van der Waals surface area (Å²) in [5.41, 5.74) is -0.297. The normalized spacial score (nSPS) is 41.7. The highest BCUT2D eigenvalue weighted by molar-refractivity contribution is 5.73. The van der Waals surface area contributed by atoms with Crippen LogP contribution < -0.4 is 0 Å². The smallest absolute Gasteiger partial charge is 0.312 e. The van der Waals surface area contributed by atoms with Crippen molar-refractivity contribution in [2.75, 3.05) is 6.61 Å². The zero-order valence-corrected chi connectivity index (χ0v) is 13.3. The molecule has 4 saturated carbocycles. The molecule has 0 saturated heterocycles. The van der Waals surface area contributed by atoms with Gasteiger partial charge in [0.15, 0.2) is 0 Å². The van der Waals surface area contributed by atoms with E-state index in [1.165, 1.54) is 39.0 Å². The van der Waals surface area contributed by atoms with Crippen LogP contribution >= 0.6 is 0 Å². The van der Waals surface area contributed by atoms with E-state index >= 15 is 0 Å². The fraction of sp³-hybridized carbons (Fsp3) is 0.882. The summed E-state index contributed by atoms with van der Waals surface area (Å²) < 4.78 is 10.9. The van der Waals surface area contributed by atoms with Crippen molar-refractivity contribution in [3.8, 4) is 0 Å². The average molecular weight is 294 g/mol. The fourth-order valence-corrected chi connectivity index (χ4v) is 4.91. The van der Waals surface area contributed by atoms with Gasteiger partial charge < -0.3 is 9.47 Å². The van der Waals surface area contributed by atoms with Crippen LogP contribution in [-0.2, 0) is 19.1 Å². The molecular formula is C17H26O4. The Balaban J connectivity index is 1.63. The van der Waals surface area contributed by atoms with Gasteiger partial charge in [0.1, 0.15) is 12.2 Å². The van der Waals surface area contributed by atoms with Gasteiger partial charge >= 0.3 is 11.9 Å². The standard InChI is InChI=1S/C17H26O4/c1-10(9-20-11(2)18)16(19)21-17(3)14-5-12-4-13(7-14)8-15(17)6-12/h10,12-15H,4-9H2,1-3H3. The Morgan fingerprint density at radius 3 is 2.10 bits per heavy atom. The molecule has 4 rings (SSSR count). The van der Waals surface area contributed by atoms with E-state index in [4.69, 9.17) is 9.47 Å². The Hall–Kier alpha value is -1.06. The summed E-state index contributed by atoms with van der Waals surface area (Å²) in [5.74, 6) is 1.82. The number of carbonyl (C=O) groups is 2. The molecule has 1 atom stereocenters. The van der Waals surface area contributed by atoms with Crippen molar-refractivity contribution in [3.63, 3.8) is 0 Å². The molecular weight excluding hydrogens is 268 g/mol. The van der Waals surface area contributed by atoms with Gasteiger partial charge in [-0.05, 0) is 69.6 Å². The summed E-state index contributed by atoms with van der Waals surface area (Å²) in [6, 6.07) is 0. The molecule has 0 radical (unpaired) electrons. The van der Waals surface area contributed by atoms with Crippen molar-refractivity contribution in [3.05, 3.63) is 0 Å². The minimum Gasteiger partial charge on any atom is -0.465 e. The highest BCUT2D eigenvalue weighted by Crippen LogP contribution is 2.59. The third-order valence-corrected chi connectivity index (χ3v) is 6.02. The first-order valence-corrected chi connectivity index (χ1v) is 8.24. The first-order chi connectivity index (χ1) is 9.88. The number of rotatable bonds is 4. The molecule has 118 valence electrons. The number of carbonyl (C=O) groups excluding carboxylic acids is 2. The summed E-state index contributed by atoms with van der Waals surface area (Å²) in [6.45, 7) is 5.38. The molecule has 0 N–H and O–H groups in total. The molecule has 0 aromatic carbocycles. The molecule has 0 aromatic heterocycles. The van der Waals surface area contributed by atoms with Crippen LogP contribution in [0.2, 0.25) is 0 Å². The summed E-state index contributed by atoms with van der Waals surface area (Å²) in [5, 5.41) is 0. The van der Waals surface area contributed by atoms with Crippen LogP contribution in [0.4, 0.5) is 0 Å². The van der Waals surface area contributed by atoms with E-state index in [1.807, 2.05) is 0 Å². The third-order valence-electron chi connectivity index (χ3n) is 6.02. The zero-order valence-electron chi connectivity index (χ0n) is 13.3. The first kappa shape index (κ1) is 14.9. The van der Waals surface area contributed by atoms with Crippen LogP contribution in [0.3, 0.4) is 0 Å². The fourth-order valence-electron chi connectivity index (χ4n) is 4.91. The van der Waals surface area contributed by atoms with Crippen molar-refractivity contribution in [2.45, 2.75) is 58.5 Å². The van der Waals surface area contributed by atoms with Gasteiger partial charge in [0.05, 0.1) is 5.92 Å². The second kappa shape index (κ2) is 5.29. The lowest BCUT2D eigenvalue weighted by Crippen LogP contribution is -2.58. The third kappa shape index (κ3) is 2.69. The predicted molar refractivity (Wildman–Crippen MR) is 77.3 cm³/mol. The lowest BCUT2D eigenvalue weighted by atomic mass is 9.50. The summed E-state index contributed by atoms with van der Waals surface area (Å²) in [7, 11) is 0. The molecule has 0 aromatic rings. The summed E-state index contributed by atoms with van der Waals surface area (Å²) in [4.78, 5) is 23.2. The van der Waals surface area contributed by atoms with Gasteiger partial charge in [0.2, 0.25) is 0 Å². The molecule has 4 bridgehead atoms. The van der Waals surface area contributed by atoms with E-state index in [9.17, 15) is 9.59 Å². The number of hydrogen-bond donors (Lipinski definition) is 0. The molecule has 4 aliphatic carbocycles. The maximum absolute atomic E-state index is 12.3. The van der Waals surface area contributed by atoms with Gasteiger partial charge in [-0.15, -0.1) is 0 Å². The van der Waals surface area contributed by atoms with Crippen molar-refractivity contribution < 1.29 is 19.1 Å². The van der Waals surface area contributed by atoms with Crippen molar-refractivity contribution >= 4 is 11.9 Å². The highest BCUT2D eigenvalue weighted by Gasteiger charge is 2.57. The Bertz CT molecular complexity index is 414. The number of ether oxygens (including phenoxy) is 2. The Kier molecular flexibility index (Phi) is 3.74. The van der Waals surface area contributed by atoms with Crippen LogP contribution in [0.5, 0.6) is 0 Å². The largest absolute Gasteiger partial charge is 0.465 e. The number of hydrogen-bond acceptors (Lipinski definition) is 4. The second-order valence-corrected chi connectivity index (χ2v) is 7.61. The Morgan fingerprint density at radius 1 is 1.10 bits per heavy atom. The van der Waals surface area contributed by atoms with E-state index in [1.54, 1.807) is 6.92 Å². The van der Waals surface area contributed by atoms with E-state index in [-0.39, 0.29) is 30.1 Å². The Morgan fingerprint density at radius 2 is 1.62 bits per heavy atom. The van der Waals surface area contributed by atoms with E-state index in [2.05, 4.69) is 6.92 Å². The topological polar surface area (TPSA) is 52.6 Å². The van der Waals surface area contributed by atoms with Crippen LogP contribution in [0.1, 0.15) is 52.9 Å². The molecule has 0 heterocycles. The SMILES string of the molecule is CC(=O)OCC(C)C(=O)OC1(C)C2CC3CC(C2)CC1C3. The van der Waals surface area contributed by atoms with Crippen molar-refractivity contribution in [2.24, 2.45) is 29.6 Å². The average Bonchev–Trinajstić information content (AvgIpc) is 2.41. The van der Waals surface area contributed by atoms with Crippen LogP contribution in [0.15, 0.2) is 0 Å². The highest BCUT2D eigenvalue weighted by atomic mass is 16.6. The molecule has 21 heavy (non-hydrogen) atoms. The lowest BCUT2D eigenvalue weighted by molar-refractivity contribution is -0.207. The van der Waals surface area contributed by atoms with Gasteiger partial charge in [-0.25, -0.2) is 0 Å². The quantitative estimate of drug-likeness (QED) is 0.748. The molecule has 4 aliphatic rings. The maximum atomic E-state index is 12.3. The number of esters is 2. The first-order valence-electron chi connectivity index (χ1n) is 8.24. The monoisotopic (exact) mass is 294 g/mol. The molecule has 0 aliphatic heterocycles. The second-order valence-electron chi connectivity index (χ2n) is 7.61. The molecule has 0 spiro atoms. The maximum Gasteiger partial charge on any atom is 0.312 e. The van der Waals surface area contributed by atoms with Crippen LogP contribution in [-0.4, -0.2) is 24.1 Å². The van der Waals surface area contributed by atoms with Crippen LogP contribution in [0.25, 0.3) is 0 Å². The van der Waals surface area contributed by atoms with Crippen molar-refractivity contribution in [1.29, 1.82) is 0 Å². The lowest BCUT2D eigenvalue weighted by Gasteiger charge is -2.59. The van der Waals surface area contributed by atoms with E-state index < -0.39 is 0 Å². The Labute approximate surface area is 126 Å². The minimum absolute atomic E-state index is 0.116. The van der Waals surface area contributed by atoms with E-state index in [0.717, 1.165) is 11.8 Å². The minimum atomic E-state index is -0.386. The van der Waals surface area contributed by atoms with Gasteiger partial charge in [-0.2, -0.15) is 0 Å². The zero-order chi connectivity index (χ0) is 15.2. The predicted octanol–water partition coefficient (Wildman–Crippen LogP) is 2.94. The summed E-state index contributed by atoms with van der Waals surface area (Å²) in [6.07, 6.45) is 6.26. The molecule has 0 amide bonds. The van der Waals surface area contributed by atoms with Gasteiger partial charge in [-0.1, -0.05) is 0 Å². The molecule has 4 nitrogen and oxygen atoms in total. The molecule has 4 heteroatoms. The summed E-state index contributed by atoms with van der Waals surface area (Å²) >= 11 is 0. The molecule has 1 unspecified atom stereocenters.